The first-order chi connectivity index (χ1) is 10.2. The quantitative estimate of drug-likeness (QED) is 0.814. The van der Waals surface area contributed by atoms with Gasteiger partial charge in [0.25, 0.3) is 0 Å². The average molecular weight is 287 g/mol. The summed E-state index contributed by atoms with van der Waals surface area (Å²) >= 11 is 0. The van der Waals surface area contributed by atoms with Crippen molar-refractivity contribution in [1.29, 1.82) is 0 Å². The Bertz CT molecular complexity index is 527. The number of rotatable bonds is 7. The second-order valence-electron chi connectivity index (χ2n) is 5.18. The minimum absolute atomic E-state index is 0.00306. The first kappa shape index (κ1) is 15.7. The maximum Gasteiger partial charge on any atom is 0.123 e. The van der Waals surface area contributed by atoms with Crippen LogP contribution in [0.25, 0.3) is 0 Å². The summed E-state index contributed by atoms with van der Waals surface area (Å²) in [6.45, 7) is 2.26. The van der Waals surface area contributed by atoms with Gasteiger partial charge in [0.1, 0.15) is 5.82 Å². The molecular formula is C18H22FNO. The Hall–Kier alpha value is -1.71. The molecule has 0 radical (unpaired) electrons. The highest BCUT2D eigenvalue weighted by molar-refractivity contribution is 5.32. The number of aliphatic hydroxyl groups is 1. The van der Waals surface area contributed by atoms with Gasteiger partial charge >= 0.3 is 0 Å². The van der Waals surface area contributed by atoms with Crippen molar-refractivity contribution < 1.29 is 9.50 Å². The van der Waals surface area contributed by atoms with Crippen molar-refractivity contribution in [2.24, 2.45) is 0 Å². The lowest BCUT2D eigenvalue weighted by atomic mass is 9.97. The Labute approximate surface area is 125 Å². The van der Waals surface area contributed by atoms with Gasteiger partial charge in [-0.1, -0.05) is 49.4 Å². The van der Waals surface area contributed by atoms with Crippen molar-refractivity contribution in [2.45, 2.75) is 31.8 Å². The summed E-state index contributed by atoms with van der Waals surface area (Å²) in [4.78, 5) is 0. The highest BCUT2D eigenvalue weighted by atomic mass is 19.1. The van der Waals surface area contributed by atoms with E-state index >= 15 is 0 Å². The molecule has 0 heterocycles. The van der Waals surface area contributed by atoms with Crippen LogP contribution < -0.4 is 5.32 Å². The molecule has 2 nitrogen and oxygen atoms in total. The molecule has 2 unspecified atom stereocenters. The van der Waals surface area contributed by atoms with E-state index in [9.17, 15) is 4.39 Å². The third-order valence-corrected chi connectivity index (χ3v) is 3.71. The summed E-state index contributed by atoms with van der Waals surface area (Å²) in [5.41, 5.74) is 2.17. The Kier molecular flexibility index (Phi) is 5.90. The molecule has 0 aliphatic heterocycles. The van der Waals surface area contributed by atoms with Crippen LogP contribution in [0.15, 0.2) is 54.6 Å². The predicted octanol–water partition coefficient (Wildman–Crippen LogP) is 3.67. The molecule has 0 saturated heterocycles. The Morgan fingerprint density at radius 3 is 2.19 bits per heavy atom. The van der Waals surface area contributed by atoms with Gasteiger partial charge in [0.2, 0.25) is 0 Å². The SMILES string of the molecule is CCC(CCO)NC(c1ccccc1)c1ccc(F)cc1. The molecule has 2 rings (SSSR count). The lowest BCUT2D eigenvalue weighted by molar-refractivity contribution is 0.258. The van der Waals surface area contributed by atoms with Gasteiger partial charge in [0.05, 0.1) is 6.04 Å². The van der Waals surface area contributed by atoms with Gasteiger partial charge in [-0.15, -0.1) is 0 Å². The molecule has 2 aromatic carbocycles. The zero-order chi connectivity index (χ0) is 15.1. The summed E-state index contributed by atoms with van der Waals surface area (Å²) in [7, 11) is 0. The fourth-order valence-electron chi connectivity index (χ4n) is 2.48. The van der Waals surface area contributed by atoms with E-state index in [0.29, 0.717) is 6.42 Å². The van der Waals surface area contributed by atoms with Crippen LogP contribution in [0.1, 0.15) is 36.9 Å². The molecule has 0 aliphatic rings. The third-order valence-electron chi connectivity index (χ3n) is 3.71. The van der Waals surface area contributed by atoms with Gasteiger partial charge in [0.15, 0.2) is 0 Å². The van der Waals surface area contributed by atoms with E-state index in [1.807, 2.05) is 30.3 Å². The fourth-order valence-corrected chi connectivity index (χ4v) is 2.48. The average Bonchev–Trinajstić information content (AvgIpc) is 2.53. The maximum absolute atomic E-state index is 13.1. The van der Waals surface area contributed by atoms with Crippen LogP contribution in [-0.4, -0.2) is 17.8 Å². The molecule has 112 valence electrons. The Morgan fingerprint density at radius 1 is 1.00 bits per heavy atom. The summed E-state index contributed by atoms with van der Waals surface area (Å²) in [6, 6.07) is 16.9. The zero-order valence-corrected chi connectivity index (χ0v) is 12.3. The van der Waals surface area contributed by atoms with Crippen LogP contribution in [0, 0.1) is 5.82 Å². The first-order valence-electron chi connectivity index (χ1n) is 7.42. The van der Waals surface area contributed by atoms with Crippen molar-refractivity contribution in [3.63, 3.8) is 0 Å². The number of hydrogen-bond donors (Lipinski definition) is 2. The van der Waals surface area contributed by atoms with E-state index in [1.54, 1.807) is 0 Å². The second-order valence-corrected chi connectivity index (χ2v) is 5.18. The van der Waals surface area contributed by atoms with Gasteiger partial charge in [-0.25, -0.2) is 4.39 Å². The second kappa shape index (κ2) is 7.91. The zero-order valence-electron chi connectivity index (χ0n) is 12.3. The van der Waals surface area contributed by atoms with Crippen molar-refractivity contribution in [2.75, 3.05) is 6.61 Å². The first-order valence-corrected chi connectivity index (χ1v) is 7.42. The van der Waals surface area contributed by atoms with Crippen LogP contribution in [0.3, 0.4) is 0 Å². The number of nitrogens with one attached hydrogen (secondary N) is 1. The molecular weight excluding hydrogens is 265 g/mol. The summed E-state index contributed by atoms with van der Waals surface area (Å²) in [6.07, 6.45) is 1.64. The standard InChI is InChI=1S/C18H22FNO/c1-2-17(12-13-21)20-18(14-6-4-3-5-7-14)15-8-10-16(19)11-9-15/h3-11,17-18,20-21H,2,12-13H2,1H3. The molecule has 2 N–H and O–H groups in total. The summed E-state index contributed by atoms with van der Waals surface area (Å²) < 4.78 is 13.1. The molecule has 21 heavy (non-hydrogen) atoms. The number of halogens is 1. The largest absolute Gasteiger partial charge is 0.396 e. The van der Waals surface area contributed by atoms with Gasteiger partial charge in [-0.05, 0) is 36.1 Å². The van der Waals surface area contributed by atoms with E-state index in [4.69, 9.17) is 5.11 Å². The molecule has 0 aromatic heterocycles. The van der Waals surface area contributed by atoms with Crippen LogP contribution in [-0.2, 0) is 0 Å². The molecule has 0 spiro atoms. The number of benzene rings is 2. The van der Waals surface area contributed by atoms with Crippen molar-refractivity contribution in [3.05, 3.63) is 71.5 Å². The molecule has 2 aromatic rings. The third kappa shape index (κ3) is 4.38. The van der Waals surface area contributed by atoms with Crippen LogP contribution >= 0.6 is 0 Å². The molecule has 0 aliphatic carbocycles. The van der Waals surface area contributed by atoms with E-state index in [0.717, 1.165) is 17.5 Å². The highest BCUT2D eigenvalue weighted by Gasteiger charge is 2.17. The molecule has 2 atom stereocenters. The minimum Gasteiger partial charge on any atom is -0.396 e. The monoisotopic (exact) mass is 287 g/mol. The molecule has 0 fully saturated rings. The molecule has 3 heteroatoms. The van der Waals surface area contributed by atoms with Gasteiger partial charge in [-0.3, -0.25) is 0 Å². The van der Waals surface area contributed by atoms with Crippen molar-refractivity contribution in [3.8, 4) is 0 Å². The van der Waals surface area contributed by atoms with E-state index in [-0.39, 0.29) is 24.5 Å². The van der Waals surface area contributed by atoms with E-state index in [2.05, 4.69) is 24.4 Å². The highest BCUT2D eigenvalue weighted by Crippen LogP contribution is 2.23. The van der Waals surface area contributed by atoms with Gasteiger partial charge in [0, 0.05) is 12.6 Å². The summed E-state index contributed by atoms with van der Waals surface area (Å²) in [5.74, 6) is -0.229. The van der Waals surface area contributed by atoms with Crippen molar-refractivity contribution in [1.82, 2.24) is 5.32 Å². The number of hydrogen-bond acceptors (Lipinski definition) is 2. The lowest BCUT2D eigenvalue weighted by Gasteiger charge is -2.25. The van der Waals surface area contributed by atoms with E-state index < -0.39 is 0 Å². The van der Waals surface area contributed by atoms with Gasteiger partial charge < -0.3 is 10.4 Å². The fraction of sp³-hybridized carbons (Fsp3) is 0.333. The van der Waals surface area contributed by atoms with Crippen LogP contribution in [0.5, 0.6) is 0 Å². The van der Waals surface area contributed by atoms with Crippen LogP contribution in [0.2, 0.25) is 0 Å². The minimum atomic E-state index is -0.229. The molecule has 0 bridgehead atoms. The normalized spacial score (nSPS) is 13.9. The van der Waals surface area contributed by atoms with Gasteiger partial charge in [-0.2, -0.15) is 0 Å². The Balaban J connectivity index is 2.28. The lowest BCUT2D eigenvalue weighted by Crippen LogP contribution is -2.33. The molecule has 0 saturated carbocycles. The Morgan fingerprint density at radius 2 is 1.62 bits per heavy atom. The summed E-state index contributed by atoms with van der Waals surface area (Å²) in [5, 5.41) is 12.7. The van der Waals surface area contributed by atoms with E-state index in [1.165, 1.54) is 12.1 Å². The van der Waals surface area contributed by atoms with Crippen molar-refractivity contribution >= 4 is 0 Å². The van der Waals surface area contributed by atoms with Crippen LogP contribution in [0.4, 0.5) is 4.39 Å². The number of aliphatic hydroxyl groups excluding tert-OH is 1. The topological polar surface area (TPSA) is 32.3 Å². The maximum atomic E-state index is 13.1. The predicted molar refractivity (Wildman–Crippen MR) is 83.6 cm³/mol. The smallest absolute Gasteiger partial charge is 0.123 e. The molecule has 0 amide bonds.